The number of hydrogen-bond donors (Lipinski definition) is 0. The minimum absolute atomic E-state index is 0.239. The highest BCUT2D eigenvalue weighted by Gasteiger charge is 2.25. The van der Waals surface area contributed by atoms with Gasteiger partial charge in [0, 0.05) is 0 Å². The van der Waals surface area contributed by atoms with E-state index in [1.165, 1.54) is 18.2 Å². The van der Waals surface area contributed by atoms with Gasteiger partial charge in [-0.1, -0.05) is 17.7 Å². The molecule has 0 unspecified atom stereocenters. The molecule has 0 heterocycles. The number of carbonyl (C=O) groups is 3. The lowest BCUT2D eigenvalue weighted by molar-refractivity contribution is -0.144. The minimum Gasteiger partial charge on any atom is -0.468 e. The quantitative estimate of drug-likeness (QED) is 0.765. The van der Waals surface area contributed by atoms with Crippen molar-refractivity contribution >= 4 is 29.4 Å². The lowest BCUT2D eigenvalue weighted by atomic mass is 10.2. The van der Waals surface area contributed by atoms with Crippen molar-refractivity contribution in [2.24, 2.45) is 0 Å². The Morgan fingerprint density at radius 3 is 2.14 bits per heavy atom. The van der Waals surface area contributed by atoms with E-state index in [-0.39, 0.29) is 10.6 Å². The number of hydrogen-bond acceptors (Lipinski definition) is 5. The largest absolute Gasteiger partial charge is 0.468 e. The zero-order valence-electron chi connectivity index (χ0n) is 11.4. The van der Waals surface area contributed by atoms with Gasteiger partial charge in [-0.25, -0.2) is 4.39 Å². The molecular formula is C13H13ClFNO5. The molecule has 0 aliphatic carbocycles. The highest BCUT2D eigenvalue weighted by molar-refractivity contribution is 6.31. The summed E-state index contributed by atoms with van der Waals surface area (Å²) in [6.45, 7) is -1.03. The third-order valence-corrected chi connectivity index (χ3v) is 2.86. The van der Waals surface area contributed by atoms with Crippen LogP contribution >= 0.6 is 11.6 Å². The van der Waals surface area contributed by atoms with E-state index in [0.29, 0.717) is 0 Å². The second-order valence-corrected chi connectivity index (χ2v) is 4.32. The fraction of sp³-hybridized carbons (Fsp3) is 0.308. The van der Waals surface area contributed by atoms with Crippen molar-refractivity contribution in [2.75, 3.05) is 27.3 Å². The predicted octanol–water partition coefficient (Wildman–Crippen LogP) is 1.27. The smallest absolute Gasteiger partial charge is 0.325 e. The van der Waals surface area contributed by atoms with Crippen molar-refractivity contribution in [1.29, 1.82) is 0 Å². The molecule has 0 spiro atoms. The van der Waals surface area contributed by atoms with Crippen LogP contribution < -0.4 is 0 Å². The molecule has 1 aromatic carbocycles. The van der Waals surface area contributed by atoms with Gasteiger partial charge in [-0.05, 0) is 12.1 Å². The lowest BCUT2D eigenvalue weighted by Gasteiger charge is -2.20. The van der Waals surface area contributed by atoms with Crippen LogP contribution in [0.3, 0.4) is 0 Å². The number of methoxy groups -OCH3 is 2. The van der Waals surface area contributed by atoms with Gasteiger partial charge < -0.3 is 14.4 Å². The number of amides is 1. The van der Waals surface area contributed by atoms with Crippen LogP contribution in [0, 0.1) is 5.82 Å². The van der Waals surface area contributed by atoms with Crippen molar-refractivity contribution in [3.8, 4) is 0 Å². The highest BCUT2D eigenvalue weighted by Crippen LogP contribution is 2.19. The standard InChI is InChI=1S/C13H13ClFNO5/c1-20-10(17)6-16(7-11(18)21-2)13(19)8-4-3-5-9(14)12(8)15/h3-5H,6-7H2,1-2H3. The molecule has 1 rings (SSSR count). The summed E-state index contributed by atoms with van der Waals surface area (Å²) < 4.78 is 22.7. The van der Waals surface area contributed by atoms with Crippen LogP contribution in [0.15, 0.2) is 18.2 Å². The van der Waals surface area contributed by atoms with E-state index in [1.54, 1.807) is 0 Å². The molecule has 0 bridgehead atoms. The SMILES string of the molecule is COC(=O)CN(CC(=O)OC)C(=O)c1cccc(Cl)c1F. The van der Waals surface area contributed by atoms with Crippen LogP contribution in [0.25, 0.3) is 0 Å². The first kappa shape index (κ1) is 16.9. The van der Waals surface area contributed by atoms with Crippen LogP contribution in [-0.2, 0) is 19.1 Å². The molecule has 0 aromatic heterocycles. The summed E-state index contributed by atoms with van der Waals surface area (Å²) in [5, 5.41) is -0.239. The third-order valence-electron chi connectivity index (χ3n) is 2.56. The zero-order chi connectivity index (χ0) is 16.0. The van der Waals surface area contributed by atoms with E-state index in [1.807, 2.05) is 0 Å². The average molecular weight is 318 g/mol. The maximum Gasteiger partial charge on any atom is 0.325 e. The Bertz CT molecular complexity index is 545. The van der Waals surface area contributed by atoms with E-state index in [4.69, 9.17) is 11.6 Å². The molecule has 0 aliphatic heterocycles. The molecule has 0 radical (unpaired) electrons. The molecule has 1 aromatic rings. The number of rotatable bonds is 5. The van der Waals surface area contributed by atoms with E-state index < -0.39 is 36.8 Å². The monoisotopic (exact) mass is 317 g/mol. The second-order valence-electron chi connectivity index (χ2n) is 3.91. The molecular weight excluding hydrogens is 305 g/mol. The Hall–Kier alpha value is -2.15. The lowest BCUT2D eigenvalue weighted by Crippen LogP contribution is -2.40. The molecule has 114 valence electrons. The number of halogens is 2. The summed E-state index contributed by atoms with van der Waals surface area (Å²) in [5.74, 6) is -3.31. The van der Waals surface area contributed by atoms with Gasteiger partial charge in [-0.15, -0.1) is 0 Å². The van der Waals surface area contributed by atoms with Crippen molar-refractivity contribution in [2.45, 2.75) is 0 Å². The van der Waals surface area contributed by atoms with Gasteiger partial charge >= 0.3 is 11.9 Å². The Morgan fingerprint density at radius 1 is 1.14 bits per heavy atom. The number of nitrogens with zero attached hydrogens (tertiary/aromatic N) is 1. The molecule has 21 heavy (non-hydrogen) atoms. The summed E-state index contributed by atoms with van der Waals surface area (Å²) in [6, 6.07) is 3.86. The van der Waals surface area contributed by atoms with Gasteiger partial charge in [0.1, 0.15) is 13.1 Å². The minimum atomic E-state index is -0.927. The summed E-state index contributed by atoms with van der Waals surface area (Å²) in [4.78, 5) is 35.6. The van der Waals surface area contributed by atoms with Gasteiger partial charge in [0.05, 0.1) is 24.8 Å². The Balaban J connectivity index is 3.06. The number of benzene rings is 1. The molecule has 8 heteroatoms. The van der Waals surface area contributed by atoms with Crippen LogP contribution in [0.1, 0.15) is 10.4 Å². The van der Waals surface area contributed by atoms with Crippen LogP contribution in [0.4, 0.5) is 4.39 Å². The van der Waals surface area contributed by atoms with E-state index in [9.17, 15) is 18.8 Å². The molecule has 1 amide bonds. The molecule has 0 aliphatic rings. The van der Waals surface area contributed by atoms with Crippen molar-refractivity contribution in [3.63, 3.8) is 0 Å². The van der Waals surface area contributed by atoms with Crippen molar-refractivity contribution in [1.82, 2.24) is 4.90 Å². The van der Waals surface area contributed by atoms with Crippen molar-refractivity contribution in [3.05, 3.63) is 34.6 Å². The van der Waals surface area contributed by atoms with Crippen molar-refractivity contribution < 1.29 is 28.2 Å². The summed E-state index contributed by atoms with van der Waals surface area (Å²) in [6.07, 6.45) is 0. The van der Waals surface area contributed by atoms with E-state index in [0.717, 1.165) is 19.1 Å². The molecule has 0 fully saturated rings. The zero-order valence-corrected chi connectivity index (χ0v) is 12.1. The Labute approximate surface area is 125 Å². The first-order valence-corrected chi connectivity index (χ1v) is 6.15. The topological polar surface area (TPSA) is 72.9 Å². The summed E-state index contributed by atoms with van der Waals surface area (Å²) in [5.41, 5.74) is -0.352. The van der Waals surface area contributed by atoms with Gasteiger partial charge in [-0.3, -0.25) is 14.4 Å². The average Bonchev–Trinajstić information content (AvgIpc) is 2.48. The molecule has 0 saturated heterocycles. The maximum absolute atomic E-state index is 13.8. The van der Waals surface area contributed by atoms with Crippen LogP contribution in [-0.4, -0.2) is 50.1 Å². The van der Waals surface area contributed by atoms with Gasteiger partial charge in [-0.2, -0.15) is 0 Å². The molecule has 0 saturated carbocycles. The van der Waals surface area contributed by atoms with E-state index >= 15 is 0 Å². The van der Waals surface area contributed by atoms with Gasteiger partial charge in [0.15, 0.2) is 5.82 Å². The van der Waals surface area contributed by atoms with Crippen LogP contribution in [0.5, 0.6) is 0 Å². The van der Waals surface area contributed by atoms with Gasteiger partial charge in [0.25, 0.3) is 5.91 Å². The number of ether oxygens (including phenoxy) is 2. The van der Waals surface area contributed by atoms with Crippen LogP contribution in [0.2, 0.25) is 5.02 Å². The summed E-state index contributed by atoms with van der Waals surface area (Å²) in [7, 11) is 2.26. The molecule has 0 N–H and O–H groups in total. The first-order chi connectivity index (χ1) is 9.90. The van der Waals surface area contributed by atoms with E-state index in [2.05, 4.69) is 9.47 Å². The fourth-order valence-corrected chi connectivity index (χ4v) is 1.65. The second kappa shape index (κ2) is 7.58. The maximum atomic E-state index is 13.8. The highest BCUT2D eigenvalue weighted by atomic mass is 35.5. The number of esters is 2. The molecule has 0 atom stereocenters. The summed E-state index contributed by atoms with van der Waals surface area (Å²) >= 11 is 5.60. The predicted molar refractivity (Wildman–Crippen MR) is 71.3 cm³/mol. The number of carbonyl (C=O) groups excluding carboxylic acids is 3. The Kier molecular flexibility index (Phi) is 6.10. The third kappa shape index (κ3) is 4.42. The normalized spacial score (nSPS) is 9.90. The molecule has 6 nitrogen and oxygen atoms in total. The Morgan fingerprint density at radius 2 is 1.67 bits per heavy atom. The first-order valence-electron chi connectivity index (χ1n) is 5.77. The fourth-order valence-electron chi connectivity index (χ4n) is 1.48. The van der Waals surface area contributed by atoms with Gasteiger partial charge in [0.2, 0.25) is 0 Å².